The molecule has 0 saturated carbocycles. The molecule has 134 valence electrons. The van der Waals surface area contributed by atoms with Gasteiger partial charge in [-0.15, -0.1) is 24.0 Å². The summed E-state index contributed by atoms with van der Waals surface area (Å²) in [6.07, 6.45) is 4.86. The first kappa shape index (κ1) is 19.4. The van der Waals surface area contributed by atoms with Gasteiger partial charge in [-0.3, -0.25) is 0 Å². The van der Waals surface area contributed by atoms with Crippen LogP contribution < -0.4 is 10.6 Å². The molecule has 3 rings (SSSR count). The zero-order chi connectivity index (χ0) is 16.6. The van der Waals surface area contributed by atoms with E-state index in [9.17, 15) is 0 Å². The van der Waals surface area contributed by atoms with Gasteiger partial charge in [0.05, 0.1) is 6.26 Å². The van der Waals surface area contributed by atoms with E-state index in [2.05, 4.69) is 63.6 Å². The maximum atomic E-state index is 5.31. The molecule has 25 heavy (non-hydrogen) atoms. The molecule has 0 atom stereocenters. The highest BCUT2D eigenvalue weighted by atomic mass is 127. The maximum absolute atomic E-state index is 5.31. The van der Waals surface area contributed by atoms with Crippen LogP contribution in [-0.2, 0) is 13.1 Å². The van der Waals surface area contributed by atoms with Gasteiger partial charge in [0.25, 0.3) is 0 Å². The van der Waals surface area contributed by atoms with Crippen LogP contribution in [0.4, 0.5) is 0 Å². The van der Waals surface area contributed by atoms with Gasteiger partial charge < -0.3 is 19.6 Å². The summed E-state index contributed by atoms with van der Waals surface area (Å²) in [5.74, 6) is 1.69. The second-order valence-corrected chi connectivity index (χ2v) is 5.62. The summed E-state index contributed by atoms with van der Waals surface area (Å²) in [5.41, 5.74) is 1.29. The molecule has 0 fully saturated rings. The van der Waals surface area contributed by atoms with Gasteiger partial charge >= 0.3 is 0 Å². The van der Waals surface area contributed by atoms with Crippen molar-refractivity contribution in [2.45, 2.75) is 26.4 Å². The summed E-state index contributed by atoms with van der Waals surface area (Å²) >= 11 is 0. The largest absolute Gasteiger partial charge is 0.467 e. The molecule has 0 aliphatic rings. The first-order valence-electron chi connectivity index (χ1n) is 8.45. The molecule has 0 bridgehead atoms. The molecule has 2 heterocycles. The number of fused-ring (bicyclic) bond motifs is 1. The van der Waals surface area contributed by atoms with Crippen LogP contribution >= 0.6 is 24.0 Å². The Hall–Kier alpha value is -1.96. The van der Waals surface area contributed by atoms with Gasteiger partial charge in [0.2, 0.25) is 0 Å². The smallest absolute Gasteiger partial charge is 0.191 e. The van der Waals surface area contributed by atoms with E-state index in [1.54, 1.807) is 6.26 Å². The molecular formula is C19H25IN4O. The van der Waals surface area contributed by atoms with E-state index in [-0.39, 0.29) is 24.0 Å². The van der Waals surface area contributed by atoms with E-state index in [4.69, 9.17) is 4.42 Å². The van der Waals surface area contributed by atoms with Crippen LogP contribution in [0.25, 0.3) is 10.9 Å². The summed E-state index contributed by atoms with van der Waals surface area (Å²) in [4.78, 5) is 4.53. The molecule has 1 aromatic carbocycles. The van der Waals surface area contributed by atoms with Gasteiger partial charge in [0, 0.05) is 31.3 Å². The van der Waals surface area contributed by atoms with Crippen LogP contribution in [0, 0.1) is 0 Å². The molecule has 3 aromatic rings. The third-order valence-electron chi connectivity index (χ3n) is 3.87. The number of nitrogens with zero attached hydrogens (tertiary/aromatic N) is 2. The fourth-order valence-electron chi connectivity index (χ4n) is 2.69. The minimum atomic E-state index is 0. The highest BCUT2D eigenvalue weighted by Gasteiger charge is 2.01. The predicted octanol–water partition coefficient (Wildman–Crippen LogP) is 4.00. The average Bonchev–Trinajstić information content (AvgIpc) is 3.26. The Kier molecular flexibility index (Phi) is 7.84. The van der Waals surface area contributed by atoms with Gasteiger partial charge in [-0.2, -0.15) is 0 Å². The SMILES string of the molecule is CCNC(=NCc1ccco1)NCCCn1ccc2ccccc21.I. The van der Waals surface area contributed by atoms with Crippen molar-refractivity contribution in [3.8, 4) is 0 Å². The Morgan fingerprint density at radius 3 is 2.80 bits per heavy atom. The fourth-order valence-corrected chi connectivity index (χ4v) is 2.69. The van der Waals surface area contributed by atoms with Crippen LogP contribution in [0.2, 0.25) is 0 Å². The van der Waals surface area contributed by atoms with Gasteiger partial charge in [-0.1, -0.05) is 18.2 Å². The van der Waals surface area contributed by atoms with Crippen molar-refractivity contribution in [3.63, 3.8) is 0 Å². The number of rotatable bonds is 7. The quantitative estimate of drug-likeness (QED) is 0.247. The van der Waals surface area contributed by atoms with E-state index in [0.29, 0.717) is 6.54 Å². The number of aliphatic imine (C=N–C) groups is 1. The number of hydrogen-bond donors (Lipinski definition) is 2. The van der Waals surface area contributed by atoms with Gasteiger partial charge in [-0.25, -0.2) is 4.99 Å². The number of halogens is 1. The zero-order valence-electron chi connectivity index (χ0n) is 14.4. The van der Waals surface area contributed by atoms with Gasteiger partial charge in [0.15, 0.2) is 5.96 Å². The zero-order valence-corrected chi connectivity index (χ0v) is 16.8. The molecule has 5 nitrogen and oxygen atoms in total. The Morgan fingerprint density at radius 2 is 2.00 bits per heavy atom. The van der Waals surface area contributed by atoms with Crippen LogP contribution in [0.1, 0.15) is 19.1 Å². The second-order valence-electron chi connectivity index (χ2n) is 5.62. The van der Waals surface area contributed by atoms with Crippen molar-refractivity contribution < 1.29 is 4.42 Å². The highest BCUT2D eigenvalue weighted by Crippen LogP contribution is 2.15. The standard InChI is InChI=1S/C19H24N4O.HI/c1-2-20-19(22-15-17-8-5-14-24-17)21-11-6-12-23-13-10-16-7-3-4-9-18(16)23;/h3-5,7-10,13-14H,2,6,11-12,15H2,1H3,(H2,20,21,22);1H. The number of furan rings is 1. The monoisotopic (exact) mass is 452 g/mol. The van der Waals surface area contributed by atoms with Crippen molar-refractivity contribution in [1.29, 1.82) is 0 Å². The highest BCUT2D eigenvalue weighted by molar-refractivity contribution is 14.0. The first-order valence-corrected chi connectivity index (χ1v) is 8.45. The number of aryl methyl sites for hydroxylation is 1. The van der Waals surface area contributed by atoms with E-state index in [1.807, 2.05) is 12.1 Å². The van der Waals surface area contributed by atoms with E-state index < -0.39 is 0 Å². The van der Waals surface area contributed by atoms with E-state index in [1.165, 1.54) is 10.9 Å². The molecule has 2 N–H and O–H groups in total. The second kappa shape index (κ2) is 10.1. The summed E-state index contributed by atoms with van der Waals surface area (Å²) in [6.45, 7) is 5.31. The number of guanidine groups is 1. The normalized spacial score (nSPS) is 11.3. The summed E-state index contributed by atoms with van der Waals surface area (Å²) < 4.78 is 7.61. The van der Waals surface area contributed by atoms with Crippen molar-refractivity contribution in [2.24, 2.45) is 4.99 Å². The molecule has 2 aromatic heterocycles. The van der Waals surface area contributed by atoms with Crippen LogP contribution in [0.3, 0.4) is 0 Å². The molecular weight excluding hydrogens is 427 g/mol. The Balaban J connectivity index is 0.00000225. The molecule has 0 aliphatic heterocycles. The number of hydrogen-bond acceptors (Lipinski definition) is 2. The maximum Gasteiger partial charge on any atom is 0.191 e. The fraction of sp³-hybridized carbons (Fsp3) is 0.316. The van der Waals surface area contributed by atoms with Crippen LogP contribution in [0.15, 0.2) is 64.3 Å². The topological polar surface area (TPSA) is 54.5 Å². The lowest BCUT2D eigenvalue weighted by Crippen LogP contribution is -2.38. The predicted molar refractivity (Wildman–Crippen MR) is 113 cm³/mol. The lowest BCUT2D eigenvalue weighted by atomic mass is 10.2. The lowest BCUT2D eigenvalue weighted by Gasteiger charge is -2.11. The Bertz CT molecular complexity index is 780. The van der Waals surface area contributed by atoms with E-state index >= 15 is 0 Å². The lowest BCUT2D eigenvalue weighted by molar-refractivity contribution is 0.511. The molecule has 0 radical (unpaired) electrons. The Labute approximate surface area is 165 Å². The summed E-state index contributed by atoms with van der Waals surface area (Å²) in [7, 11) is 0. The molecule has 0 spiro atoms. The third kappa shape index (κ3) is 5.52. The summed E-state index contributed by atoms with van der Waals surface area (Å²) in [5, 5.41) is 7.93. The average molecular weight is 452 g/mol. The minimum Gasteiger partial charge on any atom is -0.467 e. The van der Waals surface area contributed by atoms with Crippen molar-refractivity contribution in [3.05, 3.63) is 60.7 Å². The van der Waals surface area contributed by atoms with Crippen LogP contribution in [0.5, 0.6) is 0 Å². The molecule has 6 heteroatoms. The number of aromatic nitrogens is 1. The number of para-hydroxylation sites is 1. The third-order valence-corrected chi connectivity index (χ3v) is 3.87. The first-order chi connectivity index (χ1) is 11.9. The summed E-state index contributed by atoms with van der Waals surface area (Å²) in [6, 6.07) is 14.5. The van der Waals surface area contributed by atoms with Crippen molar-refractivity contribution in [2.75, 3.05) is 13.1 Å². The van der Waals surface area contributed by atoms with Gasteiger partial charge in [0.1, 0.15) is 12.3 Å². The minimum absolute atomic E-state index is 0. The van der Waals surface area contributed by atoms with Crippen molar-refractivity contribution >= 4 is 40.8 Å². The molecule has 0 saturated heterocycles. The van der Waals surface area contributed by atoms with E-state index in [0.717, 1.165) is 37.8 Å². The van der Waals surface area contributed by atoms with Crippen LogP contribution in [-0.4, -0.2) is 23.6 Å². The van der Waals surface area contributed by atoms with Crippen molar-refractivity contribution in [1.82, 2.24) is 15.2 Å². The number of nitrogens with one attached hydrogen (secondary N) is 2. The molecule has 0 amide bonds. The Morgan fingerprint density at radius 1 is 1.12 bits per heavy atom. The molecule has 0 unspecified atom stereocenters. The number of benzene rings is 1. The molecule has 0 aliphatic carbocycles. The van der Waals surface area contributed by atoms with Gasteiger partial charge in [-0.05, 0) is 43.0 Å².